The van der Waals surface area contributed by atoms with E-state index in [-0.39, 0.29) is 34.1 Å². The van der Waals surface area contributed by atoms with Crippen LogP contribution in [-0.2, 0) is 11.2 Å². The molecule has 2 amide bonds. The number of ketones is 1. The quantitative estimate of drug-likeness (QED) is 0.301. The molecule has 5 rings (SSSR count). The Kier molecular flexibility index (Phi) is 6.23. The third-order valence-electron chi connectivity index (χ3n) is 5.96. The zero-order chi connectivity index (χ0) is 24.4. The van der Waals surface area contributed by atoms with E-state index in [0.29, 0.717) is 24.1 Å². The third kappa shape index (κ3) is 4.62. The van der Waals surface area contributed by atoms with Gasteiger partial charge in [0.2, 0.25) is 5.88 Å². The molecule has 35 heavy (non-hydrogen) atoms. The van der Waals surface area contributed by atoms with E-state index in [4.69, 9.17) is 4.74 Å². The van der Waals surface area contributed by atoms with Crippen molar-refractivity contribution in [2.75, 3.05) is 25.5 Å². The van der Waals surface area contributed by atoms with Crippen molar-refractivity contribution in [3.63, 3.8) is 0 Å². The van der Waals surface area contributed by atoms with E-state index in [1.54, 1.807) is 10.3 Å². The maximum absolute atomic E-state index is 13.4. The highest BCUT2D eigenvalue weighted by Gasteiger charge is 2.31. The Labute approximate surface area is 204 Å². The summed E-state index contributed by atoms with van der Waals surface area (Å²) in [5.41, 5.74) is 1.58. The minimum atomic E-state index is -0.863. The number of aromatic amines is 1. The summed E-state index contributed by atoms with van der Waals surface area (Å²) in [5.74, 6) is -1.47. The standard InChI is InChI=1S/C24H22N6O4S/c1-34-22-17(23(33)30-9-7-15(13-30)11-14-5-3-2-4-6-14)12-16-18(28-29-20(16)26-22)19(31)21(32)27-24-25-8-10-35-24/h2-6,8,10,12,15H,7,9,11,13H2,1H3,(H,25,27,32)(H,26,28,29). The molecule has 3 aromatic heterocycles. The van der Waals surface area contributed by atoms with Crippen molar-refractivity contribution < 1.29 is 19.1 Å². The number of H-pyrrole nitrogens is 1. The van der Waals surface area contributed by atoms with E-state index in [1.807, 2.05) is 18.2 Å². The van der Waals surface area contributed by atoms with Crippen LogP contribution in [0.3, 0.4) is 0 Å². The maximum atomic E-state index is 13.4. The predicted molar refractivity (Wildman–Crippen MR) is 130 cm³/mol. The molecule has 0 spiro atoms. The van der Waals surface area contributed by atoms with Crippen molar-refractivity contribution in [3.05, 3.63) is 64.8 Å². The van der Waals surface area contributed by atoms with Crippen molar-refractivity contribution in [1.82, 2.24) is 25.1 Å². The highest BCUT2D eigenvalue weighted by Crippen LogP contribution is 2.28. The molecule has 178 valence electrons. The molecule has 2 N–H and O–H groups in total. The van der Waals surface area contributed by atoms with E-state index >= 15 is 0 Å². The van der Waals surface area contributed by atoms with Gasteiger partial charge in [0, 0.05) is 24.7 Å². The topological polar surface area (TPSA) is 130 Å². The van der Waals surface area contributed by atoms with Crippen molar-refractivity contribution in [2.24, 2.45) is 5.92 Å². The fourth-order valence-corrected chi connectivity index (χ4v) is 4.79. The molecule has 1 saturated heterocycles. The second-order valence-electron chi connectivity index (χ2n) is 8.23. The molecule has 1 aromatic carbocycles. The van der Waals surface area contributed by atoms with E-state index in [2.05, 4.69) is 37.6 Å². The lowest BCUT2D eigenvalue weighted by atomic mass is 9.99. The van der Waals surface area contributed by atoms with Crippen LogP contribution < -0.4 is 10.1 Å². The SMILES string of the molecule is COc1nc2n[nH]c(C(=O)C(=O)Nc3nccs3)c2cc1C(=O)N1CCC(Cc2ccccc2)C1. The van der Waals surface area contributed by atoms with E-state index in [9.17, 15) is 14.4 Å². The molecular formula is C24H22N6O4S. The highest BCUT2D eigenvalue weighted by atomic mass is 32.1. The van der Waals surface area contributed by atoms with Crippen LogP contribution in [0.25, 0.3) is 11.0 Å². The van der Waals surface area contributed by atoms with Gasteiger partial charge in [-0.1, -0.05) is 30.3 Å². The molecule has 1 aliphatic rings. The van der Waals surface area contributed by atoms with Crippen LogP contribution in [0, 0.1) is 5.92 Å². The number of thiazole rings is 1. The summed E-state index contributed by atoms with van der Waals surface area (Å²) in [5, 5.41) is 11.3. The first-order chi connectivity index (χ1) is 17.0. The molecule has 0 aliphatic carbocycles. The molecule has 1 fully saturated rings. The number of nitrogens with one attached hydrogen (secondary N) is 2. The molecule has 10 nitrogen and oxygen atoms in total. The lowest BCUT2D eigenvalue weighted by Crippen LogP contribution is -2.29. The summed E-state index contributed by atoms with van der Waals surface area (Å²) in [4.78, 5) is 48.7. The normalized spacial score (nSPS) is 15.3. The number of amides is 2. The summed E-state index contributed by atoms with van der Waals surface area (Å²) in [7, 11) is 1.42. The van der Waals surface area contributed by atoms with Crippen LogP contribution >= 0.6 is 11.3 Å². The number of nitrogens with zero attached hydrogens (tertiary/aromatic N) is 4. The van der Waals surface area contributed by atoms with Crippen LogP contribution in [0.5, 0.6) is 5.88 Å². The van der Waals surface area contributed by atoms with Crippen LogP contribution in [0.15, 0.2) is 48.0 Å². The summed E-state index contributed by atoms with van der Waals surface area (Å²) in [6, 6.07) is 11.7. The van der Waals surface area contributed by atoms with Gasteiger partial charge >= 0.3 is 0 Å². The third-order valence-corrected chi connectivity index (χ3v) is 6.65. The summed E-state index contributed by atoms with van der Waals surface area (Å²) in [6.07, 6.45) is 3.31. The number of anilines is 1. The van der Waals surface area contributed by atoms with Gasteiger partial charge < -0.3 is 9.64 Å². The molecule has 1 atom stereocenters. The minimum absolute atomic E-state index is 0.0540. The zero-order valence-corrected chi connectivity index (χ0v) is 19.7. The first-order valence-electron chi connectivity index (χ1n) is 11.0. The number of fused-ring (bicyclic) bond motifs is 1. The first kappa shape index (κ1) is 22.7. The Morgan fingerprint density at radius 3 is 2.83 bits per heavy atom. The largest absolute Gasteiger partial charge is 0.480 e. The fraction of sp³-hybridized carbons (Fsp3) is 0.250. The Morgan fingerprint density at radius 2 is 2.09 bits per heavy atom. The number of hydrogen-bond donors (Lipinski definition) is 2. The van der Waals surface area contributed by atoms with Gasteiger partial charge in [0.15, 0.2) is 10.8 Å². The number of methoxy groups -OCH3 is 1. The van der Waals surface area contributed by atoms with Crippen LogP contribution in [0.2, 0.25) is 0 Å². The predicted octanol–water partition coefficient (Wildman–Crippen LogP) is 2.95. The number of benzene rings is 1. The number of carbonyl (C=O) groups excluding carboxylic acids is 3. The Balaban J connectivity index is 1.38. The first-order valence-corrected chi connectivity index (χ1v) is 11.9. The molecule has 4 aromatic rings. The average Bonchev–Trinajstić information content (AvgIpc) is 3.64. The zero-order valence-electron chi connectivity index (χ0n) is 18.9. The number of aromatic nitrogens is 4. The average molecular weight is 491 g/mol. The maximum Gasteiger partial charge on any atom is 0.300 e. The number of Topliss-reactive ketones (excluding diaryl/α,β-unsaturated/α-hetero) is 1. The van der Waals surface area contributed by atoms with Crippen LogP contribution in [0.4, 0.5) is 5.13 Å². The molecule has 1 aliphatic heterocycles. The number of pyridine rings is 1. The molecular weight excluding hydrogens is 468 g/mol. The number of ether oxygens (including phenoxy) is 1. The second-order valence-corrected chi connectivity index (χ2v) is 9.13. The number of carbonyl (C=O) groups is 3. The van der Waals surface area contributed by atoms with Gasteiger partial charge in [-0.05, 0) is 30.4 Å². The summed E-state index contributed by atoms with van der Waals surface area (Å²) < 4.78 is 5.36. The molecule has 0 radical (unpaired) electrons. The number of rotatable bonds is 7. The Bertz CT molecular complexity index is 1390. The van der Waals surface area contributed by atoms with Crippen molar-refractivity contribution in [2.45, 2.75) is 12.8 Å². The summed E-state index contributed by atoms with van der Waals surface area (Å²) >= 11 is 1.20. The van der Waals surface area contributed by atoms with Gasteiger partial charge in [0.05, 0.1) is 12.5 Å². The lowest BCUT2D eigenvalue weighted by molar-refractivity contribution is -0.112. The van der Waals surface area contributed by atoms with Crippen molar-refractivity contribution in [1.29, 1.82) is 0 Å². The van der Waals surface area contributed by atoms with Gasteiger partial charge in [0.25, 0.3) is 17.6 Å². The van der Waals surface area contributed by atoms with E-state index in [0.717, 1.165) is 12.8 Å². The molecule has 11 heteroatoms. The van der Waals surface area contributed by atoms with E-state index < -0.39 is 11.7 Å². The van der Waals surface area contributed by atoms with Gasteiger partial charge in [-0.3, -0.25) is 24.8 Å². The van der Waals surface area contributed by atoms with Crippen LogP contribution in [-0.4, -0.2) is 62.9 Å². The van der Waals surface area contributed by atoms with Gasteiger partial charge in [-0.15, -0.1) is 11.3 Å². The molecule has 0 saturated carbocycles. The summed E-state index contributed by atoms with van der Waals surface area (Å²) in [6.45, 7) is 1.23. The second kappa shape index (κ2) is 9.63. The number of likely N-dealkylation sites (tertiary alicyclic amines) is 1. The van der Waals surface area contributed by atoms with Crippen LogP contribution in [0.1, 0.15) is 32.8 Å². The molecule has 4 heterocycles. The Morgan fingerprint density at radius 1 is 1.26 bits per heavy atom. The van der Waals surface area contributed by atoms with Gasteiger partial charge in [-0.2, -0.15) is 10.1 Å². The Hall–Kier alpha value is -4.12. The van der Waals surface area contributed by atoms with E-state index in [1.165, 1.54) is 36.3 Å². The number of hydrogen-bond acceptors (Lipinski definition) is 8. The fourth-order valence-electron chi connectivity index (χ4n) is 4.26. The minimum Gasteiger partial charge on any atom is -0.480 e. The lowest BCUT2D eigenvalue weighted by Gasteiger charge is -2.18. The van der Waals surface area contributed by atoms with Crippen molar-refractivity contribution >= 4 is 45.1 Å². The monoisotopic (exact) mass is 490 g/mol. The molecule has 1 unspecified atom stereocenters. The molecule has 0 bridgehead atoms. The smallest absolute Gasteiger partial charge is 0.300 e. The van der Waals surface area contributed by atoms with Gasteiger partial charge in [-0.25, -0.2) is 4.98 Å². The van der Waals surface area contributed by atoms with Gasteiger partial charge in [0.1, 0.15) is 11.3 Å². The van der Waals surface area contributed by atoms with Crippen molar-refractivity contribution in [3.8, 4) is 5.88 Å². The highest BCUT2D eigenvalue weighted by molar-refractivity contribution is 7.13.